The molecule has 0 aromatic carbocycles. The quantitative estimate of drug-likeness (QED) is 0.246. The highest BCUT2D eigenvalue weighted by Crippen LogP contribution is 2.73. The second-order valence-electron chi connectivity index (χ2n) is 26.0. The molecule has 0 aliphatic heterocycles. The van der Waals surface area contributed by atoms with Gasteiger partial charge in [-0.1, -0.05) is 65.2 Å². The lowest BCUT2D eigenvalue weighted by atomic mass is 9.64. The molecule has 26 atom stereocenters. The largest absolute Gasteiger partial charge is 0.0651 e. The van der Waals surface area contributed by atoms with Gasteiger partial charge in [-0.15, -0.1) is 0 Å². The summed E-state index contributed by atoms with van der Waals surface area (Å²) in [6.07, 6.45) is 44.7. The number of rotatable bonds is 2. The molecular weight excluding hydrogens is 673 g/mol. The zero-order chi connectivity index (χ0) is 36.8. The monoisotopic (exact) mass is 761 g/mol. The molecule has 16 aliphatic rings. The number of hydrogen-bond acceptors (Lipinski definition) is 0. The Morgan fingerprint density at radius 1 is 0.232 bits per heavy atom. The molecule has 0 N–H and O–H groups in total. The highest BCUT2D eigenvalue weighted by atomic mass is 14.7. The topological polar surface area (TPSA) is 0 Å². The Hall–Kier alpha value is 0. The third-order valence-electron chi connectivity index (χ3n) is 25.3. The van der Waals surface area contributed by atoms with Gasteiger partial charge in [0.2, 0.25) is 0 Å². The fourth-order valence-electron chi connectivity index (χ4n) is 24.3. The normalized spacial score (nSPS) is 61.8. The maximum absolute atomic E-state index is 2.42. The summed E-state index contributed by atoms with van der Waals surface area (Å²) in [6.45, 7) is 4.83. The average molecular weight is 761 g/mol. The summed E-state index contributed by atoms with van der Waals surface area (Å²) < 4.78 is 0. The molecule has 0 saturated heterocycles. The molecule has 312 valence electrons. The lowest BCUT2D eigenvalue weighted by molar-refractivity contribution is 0.0716. The van der Waals surface area contributed by atoms with E-state index in [-0.39, 0.29) is 0 Å². The minimum atomic E-state index is 1.13. The first-order valence-corrected chi connectivity index (χ1v) is 27.7. The van der Waals surface area contributed by atoms with E-state index in [2.05, 4.69) is 13.8 Å². The van der Waals surface area contributed by atoms with Gasteiger partial charge >= 0.3 is 0 Å². The first-order valence-electron chi connectivity index (χ1n) is 27.7. The molecule has 0 amide bonds. The van der Waals surface area contributed by atoms with Gasteiger partial charge in [-0.05, 0) is 282 Å². The van der Waals surface area contributed by atoms with Crippen LogP contribution >= 0.6 is 0 Å². The molecule has 56 heavy (non-hydrogen) atoms. The zero-order valence-electron chi connectivity index (χ0n) is 36.8. The molecule has 26 unspecified atom stereocenters. The molecule has 0 heterocycles. The van der Waals surface area contributed by atoms with Crippen LogP contribution in [0.5, 0.6) is 0 Å². The van der Waals surface area contributed by atoms with Crippen molar-refractivity contribution in [3.05, 3.63) is 0 Å². The Balaban J connectivity index is 0.0000000788. The van der Waals surface area contributed by atoms with Crippen LogP contribution in [0, 0.1) is 154 Å². The summed E-state index contributed by atoms with van der Waals surface area (Å²) in [5.41, 5.74) is 0. The zero-order valence-corrected chi connectivity index (χ0v) is 36.8. The Kier molecular flexibility index (Phi) is 9.34. The summed E-state index contributed by atoms with van der Waals surface area (Å²) in [5.74, 6) is 31.2. The fourth-order valence-corrected chi connectivity index (χ4v) is 24.3. The van der Waals surface area contributed by atoms with E-state index >= 15 is 0 Å². The van der Waals surface area contributed by atoms with Crippen LogP contribution in [-0.2, 0) is 0 Å². The smallest absolute Gasteiger partial charge is 0.0321 e. The van der Waals surface area contributed by atoms with Crippen LogP contribution in [0.25, 0.3) is 0 Å². The van der Waals surface area contributed by atoms with Crippen LogP contribution in [0.2, 0.25) is 0 Å². The summed E-state index contributed by atoms with van der Waals surface area (Å²) in [7, 11) is 0. The third kappa shape index (κ3) is 5.37. The van der Waals surface area contributed by atoms with E-state index in [0.717, 1.165) is 11.8 Å². The summed E-state index contributed by atoms with van der Waals surface area (Å²) in [6, 6.07) is 0. The van der Waals surface area contributed by atoms with Crippen LogP contribution < -0.4 is 0 Å². The molecule has 16 aliphatic carbocycles. The van der Waals surface area contributed by atoms with Crippen molar-refractivity contribution in [1.29, 1.82) is 0 Å². The number of hydrogen-bond donors (Lipinski definition) is 0. The van der Waals surface area contributed by atoms with Gasteiger partial charge in [-0.25, -0.2) is 0 Å². The van der Waals surface area contributed by atoms with Gasteiger partial charge in [-0.2, -0.15) is 0 Å². The van der Waals surface area contributed by atoms with E-state index in [1.807, 2.05) is 0 Å². The van der Waals surface area contributed by atoms with Gasteiger partial charge in [0.25, 0.3) is 0 Å². The van der Waals surface area contributed by atoms with Crippen LogP contribution in [0.3, 0.4) is 0 Å². The van der Waals surface area contributed by atoms with Crippen LogP contribution in [0.1, 0.15) is 194 Å². The standard InChI is InChI=1S/C15H22.2C14H22.C13H22/c1-2-10-11(3-1)13-7-12(10)14-8-4-5-9(6-8)15(13)14;1-2-8-5-11-7-12(8)14-10-4-3-9(6-10)13(11)14;1-2-5-10-9(4-1)13-8-14(10)12-7-3-6-11(12)13;1-2-9-7-10-8-13(9)12-6-4-3-5-11(10)12/h8-15H,1-7H2;8-14H,2-7H2,1H3;9-14H,1-8H2;9-13H,2-8H2,1H3. The van der Waals surface area contributed by atoms with Crippen molar-refractivity contribution in [3.63, 3.8) is 0 Å². The van der Waals surface area contributed by atoms with Gasteiger partial charge in [0.15, 0.2) is 0 Å². The van der Waals surface area contributed by atoms with Crippen LogP contribution in [0.4, 0.5) is 0 Å². The summed E-state index contributed by atoms with van der Waals surface area (Å²) in [4.78, 5) is 0. The minimum Gasteiger partial charge on any atom is -0.0651 e. The van der Waals surface area contributed by atoms with E-state index < -0.39 is 0 Å². The van der Waals surface area contributed by atoms with Crippen molar-refractivity contribution in [3.8, 4) is 0 Å². The van der Waals surface area contributed by atoms with Crippen molar-refractivity contribution in [1.82, 2.24) is 0 Å². The predicted octanol–water partition coefficient (Wildman–Crippen LogP) is 15.1. The second kappa shape index (κ2) is 14.3. The van der Waals surface area contributed by atoms with Gasteiger partial charge in [0.05, 0.1) is 0 Å². The predicted molar refractivity (Wildman–Crippen MR) is 231 cm³/mol. The first kappa shape index (κ1) is 36.6. The maximum Gasteiger partial charge on any atom is -0.0321 e. The summed E-state index contributed by atoms with van der Waals surface area (Å²) >= 11 is 0. The van der Waals surface area contributed by atoms with Crippen LogP contribution in [-0.4, -0.2) is 0 Å². The molecule has 16 fully saturated rings. The lowest BCUT2D eigenvalue weighted by Gasteiger charge is -2.41. The Morgan fingerprint density at radius 3 is 1.14 bits per heavy atom. The highest BCUT2D eigenvalue weighted by molar-refractivity contribution is 5.15. The van der Waals surface area contributed by atoms with E-state index in [0.29, 0.717) is 0 Å². The van der Waals surface area contributed by atoms with Crippen molar-refractivity contribution in [2.75, 3.05) is 0 Å². The van der Waals surface area contributed by atoms with Crippen molar-refractivity contribution in [2.24, 2.45) is 154 Å². The van der Waals surface area contributed by atoms with E-state index in [4.69, 9.17) is 0 Å². The molecule has 0 spiro atoms. The molecule has 0 nitrogen and oxygen atoms in total. The molecule has 0 heteroatoms. The van der Waals surface area contributed by atoms with Crippen molar-refractivity contribution in [2.45, 2.75) is 194 Å². The lowest BCUT2D eigenvalue weighted by Crippen LogP contribution is -2.35. The summed E-state index contributed by atoms with van der Waals surface area (Å²) in [5, 5.41) is 0. The van der Waals surface area contributed by atoms with E-state index in [1.54, 1.807) is 167 Å². The second-order valence-corrected chi connectivity index (χ2v) is 26.0. The Labute approximate surface area is 346 Å². The Morgan fingerprint density at radius 2 is 0.607 bits per heavy atom. The molecule has 16 saturated carbocycles. The molecule has 0 aromatic rings. The average Bonchev–Trinajstić information content (AvgIpc) is 4.09. The third-order valence-corrected chi connectivity index (χ3v) is 25.3. The van der Waals surface area contributed by atoms with Gasteiger partial charge < -0.3 is 0 Å². The molecule has 0 radical (unpaired) electrons. The molecule has 0 aromatic heterocycles. The van der Waals surface area contributed by atoms with Gasteiger partial charge in [0.1, 0.15) is 0 Å². The highest BCUT2D eigenvalue weighted by Gasteiger charge is 2.66. The van der Waals surface area contributed by atoms with Gasteiger partial charge in [0, 0.05) is 0 Å². The molecular formula is C56H88. The SMILES string of the molecule is C1CC2C(C1)C1CC2C2C3CCC(C3)C12.C1CCC2C(C1)C1CC2C2CCCC21.CCC1CC2CC1C1C3CCC(C3)C21.CCC1CC2CC1C1CCCCC21. The van der Waals surface area contributed by atoms with Crippen molar-refractivity contribution >= 4 is 0 Å². The number of fused-ring (bicyclic) bond motifs is 34. The Bertz CT molecular complexity index is 1370. The minimum absolute atomic E-state index is 1.13. The van der Waals surface area contributed by atoms with E-state index in [1.165, 1.54) is 155 Å². The van der Waals surface area contributed by atoms with E-state index in [9.17, 15) is 0 Å². The fraction of sp³-hybridized carbons (Fsp3) is 1.00. The molecule has 16 rings (SSSR count). The van der Waals surface area contributed by atoms with Crippen LogP contribution in [0.15, 0.2) is 0 Å². The van der Waals surface area contributed by atoms with Crippen molar-refractivity contribution < 1.29 is 0 Å². The maximum atomic E-state index is 2.42. The molecule has 12 bridgehead atoms. The first-order chi connectivity index (χ1) is 27.7. The van der Waals surface area contributed by atoms with Gasteiger partial charge in [-0.3, -0.25) is 0 Å².